The molecule has 0 saturated heterocycles. The van der Waals surface area contributed by atoms with Crippen molar-refractivity contribution in [2.75, 3.05) is 13.2 Å². The molecule has 0 aliphatic heterocycles. The van der Waals surface area contributed by atoms with Gasteiger partial charge < -0.3 is 15.2 Å². The fourth-order valence-electron chi connectivity index (χ4n) is 1.94. The molecule has 2 rings (SSSR count). The lowest BCUT2D eigenvalue weighted by molar-refractivity contribution is -0.123. The van der Waals surface area contributed by atoms with E-state index in [2.05, 4.69) is 5.32 Å². The summed E-state index contributed by atoms with van der Waals surface area (Å²) in [6, 6.07) is 12.7. The van der Waals surface area contributed by atoms with Crippen LogP contribution in [0.4, 0.5) is 4.39 Å². The molecule has 1 amide bonds. The molecule has 2 N–H and O–H groups in total. The van der Waals surface area contributed by atoms with Gasteiger partial charge in [0.1, 0.15) is 17.3 Å². The molecule has 0 fully saturated rings. The number of aromatic hydroxyl groups is 1. The first kappa shape index (κ1) is 15.8. The van der Waals surface area contributed by atoms with Gasteiger partial charge in [0.05, 0.1) is 0 Å². The summed E-state index contributed by atoms with van der Waals surface area (Å²) in [6.07, 6.45) is 1.60. The van der Waals surface area contributed by atoms with Crippen molar-refractivity contribution in [3.8, 4) is 11.5 Å². The molecule has 0 atom stereocenters. The fraction of sp³-hybridized carbons (Fsp3) is 0.235. The Morgan fingerprint density at radius 2 is 1.95 bits per heavy atom. The van der Waals surface area contributed by atoms with Gasteiger partial charge in [-0.1, -0.05) is 18.2 Å². The van der Waals surface area contributed by atoms with E-state index in [1.807, 2.05) is 12.1 Å². The van der Waals surface area contributed by atoms with Crippen LogP contribution in [0.15, 0.2) is 48.5 Å². The van der Waals surface area contributed by atoms with Gasteiger partial charge in [0.2, 0.25) is 0 Å². The van der Waals surface area contributed by atoms with E-state index in [0.717, 1.165) is 18.4 Å². The first-order valence-electron chi connectivity index (χ1n) is 7.06. The predicted octanol–water partition coefficient (Wildman–Crippen LogP) is 2.66. The molecule has 0 aliphatic carbocycles. The second-order valence-electron chi connectivity index (χ2n) is 4.87. The standard InChI is InChI=1S/C17H18FNO3/c18-14-4-1-5-16(11-14)22-12-17(21)19-10-2-3-13-6-8-15(20)9-7-13/h1,4-9,11,20H,2-3,10,12H2,(H,19,21). The maximum absolute atomic E-state index is 12.9. The van der Waals surface area contributed by atoms with Gasteiger partial charge in [-0.2, -0.15) is 0 Å². The third kappa shape index (κ3) is 5.44. The van der Waals surface area contributed by atoms with E-state index in [0.29, 0.717) is 12.3 Å². The van der Waals surface area contributed by atoms with Crippen molar-refractivity contribution in [2.24, 2.45) is 0 Å². The van der Waals surface area contributed by atoms with Gasteiger partial charge in [0, 0.05) is 12.6 Å². The number of ether oxygens (including phenoxy) is 1. The van der Waals surface area contributed by atoms with Crippen LogP contribution in [0.2, 0.25) is 0 Å². The maximum atomic E-state index is 12.9. The first-order chi connectivity index (χ1) is 10.6. The minimum Gasteiger partial charge on any atom is -0.508 e. The van der Waals surface area contributed by atoms with Crippen LogP contribution in [0.1, 0.15) is 12.0 Å². The molecule has 116 valence electrons. The Morgan fingerprint density at radius 1 is 1.18 bits per heavy atom. The van der Waals surface area contributed by atoms with Crippen molar-refractivity contribution in [3.63, 3.8) is 0 Å². The fourth-order valence-corrected chi connectivity index (χ4v) is 1.94. The molecule has 0 bridgehead atoms. The van der Waals surface area contributed by atoms with Crippen molar-refractivity contribution in [3.05, 3.63) is 59.9 Å². The molecule has 0 aliphatic rings. The molecule has 0 heterocycles. The minimum absolute atomic E-state index is 0.136. The molecule has 5 heteroatoms. The van der Waals surface area contributed by atoms with Crippen molar-refractivity contribution in [1.29, 1.82) is 0 Å². The second kappa shape index (κ2) is 8.02. The highest BCUT2D eigenvalue weighted by Gasteiger charge is 2.03. The quantitative estimate of drug-likeness (QED) is 0.773. The van der Waals surface area contributed by atoms with Crippen LogP contribution < -0.4 is 10.1 Å². The Balaban J connectivity index is 1.62. The topological polar surface area (TPSA) is 58.6 Å². The van der Waals surface area contributed by atoms with E-state index in [4.69, 9.17) is 4.74 Å². The van der Waals surface area contributed by atoms with Gasteiger partial charge in [-0.05, 0) is 42.7 Å². The monoisotopic (exact) mass is 303 g/mol. The van der Waals surface area contributed by atoms with Crippen LogP contribution in [0, 0.1) is 5.82 Å². The number of rotatable bonds is 7. The molecule has 0 unspecified atom stereocenters. The molecule has 0 aromatic heterocycles. The number of carbonyl (C=O) groups excluding carboxylic acids is 1. The Kier molecular flexibility index (Phi) is 5.77. The van der Waals surface area contributed by atoms with E-state index < -0.39 is 5.82 Å². The van der Waals surface area contributed by atoms with E-state index in [9.17, 15) is 14.3 Å². The molecule has 2 aromatic carbocycles. The highest BCUT2D eigenvalue weighted by Crippen LogP contribution is 2.12. The van der Waals surface area contributed by atoms with Crippen LogP contribution in [0.5, 0.6) is 11.5 Å². The molecule has 22 heavy (non-hydrogen) atoms. The number of phenols is 1. The molecule has 0 spiro atoms. The average molecular weight is 303 g/mol. The number of amides is 1. The summed E-state index contributed by atoms with van der Waals surface area (Å²) in [5.74, 6) is -0.0624. The molecular formula is C17H18FNO3. The van der Waals surface area contributed by atoms with Crippen LogP contribution >= 0.6 is 0 Å². The number of hydrogen-bond donors (Lipinski definition) is 2. The lowest BCUT2D eigenvalue weighted by Gasteiger charge is -2.07. The highest BCUT2D eigenvalue weighted by molar-refractivity contribution is 5.77. The molecular weight excluding hydrogens is 285 g/mol. The van der Waals surface area contributed by atoms with E-state index in [-0.39, 0.29) is 18.3 Å². The highest BCUT2D eigenvalue weighted by atomic mass is 19.1. The molecule has 0 saturated carbocycles. The summed E-state index contributed by atoms with van der Waals surface area (Å²) in [5.41, 5.74) is 1.10. The Morgan fingerprint density at radius 3 is 2.68 bits per heavy atom. The van der Waals surface area contributed by atoms with Crippen LogP contribution in [0.3, 0.4) is 0 Å². The minimum atomic E-state index is -0.396. The van der Waals surface area contributed by atoms with Gasteiger partial charge in [-0.25, -0.2) is 4.39 Å². The zero-order valence-electron chi connectivity index (χ0n) is 12.1. The maximum Gasteiger partial charge on any atom is 0.257 e. The average Bonchev–Trinajstić information content (AvgIpc) is 2.51. The summed E-state index contributed by atoms with van der Waals surface area (Å²) in [5, 5.41) is 11.9. The largest absolute Gasteiger partial charge is 0.508 e. The number of hydrogen-bond acceptors (Lipinski definition) is 3. The molecule has 4 nitrogen and oxygen atoms in total. The van der Waals surface area contributed by atoms with Crippen LogP contribution in [-0.4, -0.2) is 24.2 Å². The number of aryl methyl sites for hydroxylation is 1. The zero-order valence-corrected chi connectivity index (χ0v) is 12.1. The second-order valence-corrected chi connectivity index (χ2v) is 4.87. The number of phenolic OH excluding ortho intramolecular Hbond substituents is 1. The van der Waals surface area contributed by atoms with Crippen molar-refractivity contribution >= 4 is 5.91 Å². The molecule has 2 aromatic rings. The normalized spacial score (nSPS) is 10.2. The summed E-state index contributed by atoms with van der Waals surface area (Å²) >= 11 is 0. The SMILES string of the molecule is O=C(COc1cccc(F)c1)NCCCc1ccc(O)cc1. The van der Waals surface area contributed by atoms with Gasteiger partial charge >= 0.3 is 0 Å². The zero-order chi connectivity index (χ0) is 15.8. The lowest BCUT2D eigenvalue weighted by atomic mass is 10.1. The first-order valence-corrected chi connectivity index (χ1v) is 7.06. The smallest absolute Gasteiger partial charge is 0.257 e. The van der Waals surface area contributed by atoms with Crippen molar-refractivity contribution < 1.29 is 19.0 Å². The summed E-state index contributed by atoms with van der Waals surface area (Å²) in [6.45, 7) is 0.398. The predicted molar refractivity (Wildman–Crippen MR) is 81.3 cm³/mol. The van der Waals surface area contributed by atoms with Gasteiger partial charge in [-0.3, -0.25) is 4.79 Å². The van der Waals surface area contributed by atoms with Gasteiger partial charge in [0.25, 0.3) is 5.91 Å². The van der Waals surface area contributed by atoms with Crippen molar-refractivity contribution in [1.82, 2.24) is 5.32 Å². The number of halogens is 1. The summed E-state index contributed by atoms with van der Waals surface area (Å²) in [7, 11) is 0. The summed E-state index contributed by atoms with van der Waals surface area (Å²) < 4.78 is 18.1. The molecule has 0 radical (unpaired) electrons. The Hall–Kier alpha value is -2.56. The van der Waals surface area contributed by atoms with E-state index >= 15 is 0 Å². The Bertz CT molecular complexity index is 614. The Labute approximate surface area is 128 Å². The van der Waals surface area contributed by atoms with E-state index in [1.54, 1.807) is 18.2 Å². The van der Waals surface area contributed by atoms with Crippen LogP contribution in [0.25, 0.3) is 0 Å². The summed E-state index contributed by atoms with van der Waals surface area (Å²) in [4.78, 5) is 11.6. The third-order valence-electron chi connectivity index (χ3n) is 3.07. The third-order valence-corrected chi connectivity index (χ3v) is 3.07. The van der Waals surface area contributed by atoms with Gasteiger partial charge in [-0.15, -0.1) is 0 Å². The number of carbonyl (C=O) groups is 1. The van der Waals surface area contributed by atoms with Crippen LogP contribution in [-0.2, 0) is 11.2 Å². The van der Waals surface area contributed by atoms with Crippen molar-refractivity contribution in [2.45, 2.75) is 12.8 Å². The number of nitrogens with one attached hydrogen (secondary N) is 1. The van der Waals surface area contributed by atoms with E-state index in [1.165, 1.54) is 18.2 Å². The lowest BCUT2D eigenvalue weighted by Crippen LogP contribution is -2.29. The van der Waals surface area contributed by atoms with Gasteiger partial charge in [0.15, 0.2) is 6.61 Å². The number of benzene rings is 2.